The topological polar surface area (TPSA) is 105 Å². The van der Waals surface area contributed by atoms with Crippen LogP contribution >= 0.6 is 12.2 Å². The van der Waals surface area contributed by atoms with E-state index in [-0.39, 0.29) is 18.0 Å². The monoisotopic (exact) mass is 440 g/mol. The van der Waals surface area contributed by atoms with Crippen LogP contribution in [0.15, 0.2) is 53.3 Å². The summed E-state index contributed by atoms with van der Waals surface area (Å²) in [6.45, 7) is 1.06. The van der Waals surface area contributed by atoms with Gasteiger partial charge in [-0.2, -0.15) is 0 Å². The average Bonchev–Trinajstić information content (AvgIpc) is 2.77. The van der Waals surface area contributed by atoms with E-state index in [1.54, 1.807) is 18.2 Å². The van der Waals surface area contributed by atoms with Gasteiger partial charge >= 0.3 is 0 Å². The molecule has 0 aliphatic rings. The highest BCUT2D eigenvalue weighted by Crippen LogP contribution is 2.11. The number of hydrogen-bond acceptors (Lipinski definition) is 5. The minimum atomic E-state index is -0.420. The van der Waals surface area contributed by atoms with E-state index in [2.05, 4.69) is 15.6 Å². The Hall–Kier alpha value is -3.30. The van der Waals surface area contributed by atoms with E-state index in [4.69, 9.17) is 17.0 Å². The fraction of sp³-hybridized carbons (Fsp3) is 0.273. The fourth-order valence-electron chi connectivity index (χ4n) is 3.10. The van der Waals surface area contributed by atoms with Crippen LogP contribution in [-0.4, -0.2) is 48.2 Å². The van der Waals surface area contributed by atoms with Crippen LogP contribution < -0.4 is 16.2 Å². The van der Waals surface area contributed by atoms with Crippen LogP contribution in [0.5, 0.6) is 0 Å². The fourth-order valence-corrected chi connectivity index (χ4v) is 3.39. The first kappa shape index (κ1) is 22.4. The predicted octanol–water partition coefficient (Wildman–Crippen LogP) is 1.79. The molecule has 0 unspecified atom stereocenters. The van der Waals surface area contributed by atoms with E-state index >= 15 is 0 Å². The molecule has 0 aliphatic carbocycles. The van der Waals surface area contributed by atoms with Crippen molar-refractivity contribution in [3.8, 4) is 0 Å². The number of methoxy groups -OCH3 is 1. The van der Waals surface area contributed by atoms with Crippen molar-refractivity contribution in [2.75, 3.05) is 26.8 Å². The molecule has 0 fully saturated rings. The molecule has 162 valence electrons. The summed E-state index contributed by atoms with van der Waals surface area (Å²) in [6.07, 6.45) is 0.677. The van der Waals surface area contributed by atoms with Gasteiger partial charge in [-0.05, 0) is 42.4 Å². The van der Waals surface area contributed by atoms with Crippen LogP contribution in [0.1, 0.15) is 15.9 Å². The molecule has 0 spiro atoms. The lowest BCUT2D eigenvalue weighted by molar-refractivity contribution is -0.120. The molecule has 0 saturated carbocycles. The van der Waals surface area contributed by atoms with Gasteiger partial charge in [0, 0.05) is 25.8 Å². The molecule has 3 N–H and O–H groups in total. The number of benzene rings is 2. The maximum atomic E-state index is 12.9. The number of nitrogens with zero attached hydrogens (tertiary/aromatic N) is 1. The Bertz CT molecular complexity index is 1190. The first-order valence-corrected chi connectivity index (χ1v) is 10.2. The summed E-state index contributed by atoms with van der Waals surface area (Å²) in [5.41, 5.74) is 1.70. The third kappa shape index (κ3) is 5.87. The lowest BCUT2D eigenvalue weighted by Gasteiger charge is -2.10. The number of rotatable bonds is 9. The third-order valence-corrected chi connectivity index (χ3v) is 5.07. The first-order chi connectivity index (χ1) is 15.0. The SMILES string of the molecule is COCCNC(=O)CNC(=O)c1ccc2c(=O)n(CCc3ccccc3)c(=S)[nH]c2c1. The van der Waals surface area contributed by atoms with Crippen molar-refractivity contribution >= 4 is 34.9 Å². The number of ether oxygens (including phenoxy) is 1. The minimum absolute atomic E-state index is 0.155. The number of aromatic amines is 1. The van der Waals surface area contributed by atoms with Gasteiger partial charge in [-0.3, -0.25) is 19.0 Å². The van der Waals surface area contributed by atoms with Crippen LogP contribution in [0.3, 0.4) is 0 Å². The normalized spacial score (nSPS) is 10.7. The highest BCUT2D eigenvalue weighted by Gasteiger charge is 2.12. The number of H-pyrrole nitrogens is 1. The van der Waals surface area contributed by atoms with E-state index in [1.165, 1.54) is 11.7 Å². The quantitative estimate of drug-likeness (QED) is 0.348. The smallest absolute Gasteiger partial charge is 0.262 e. The number of aryl methyl sites for hydroxylation is 1. The average molecular weight is 441 g/mol. The molecule has 31 heavy (non-hydrogen) atoms. The van der Waals surface area contributed by atoms with Gasteiger partial charge in [0.15, 0.2) is 4.77 Å². The Labute approximate surface area is 184 Å². The van der Waals surface area contributed by atoms with Crippen molar-refractivity contribution < 1.29 is 14.3 Å². The lowest BCUT2D eigenvalue weighted by Crippen LogP contribution is -2.38. The number of amides is 2. The van der Waals surface area contributed by atoms with Gasteiger partial charge in [-0.15, -0.1) is 0 Å². The molecule has 3 aromatic rings. The van der Waals surface area contributed by atoms with E-state index in [0.717, 1.165) is 5.56 Å². The number of carbonyl (C=O) groups is 2. The highest BCUT2D eigenvalue weighted by atomic mass is 32.1. The molecule has 9 heteroatoms. The molecule has 2 aromatic carbocycles. The molecule has 3 rings (SSSR count). The van der Waals surface area contributed by atoms with Crippen LogP contribution in [-0.2, 0) is 22.5 Å². The number of fused-ring (bicyclic) bond motifs is 1. The third-order valence-electron chi connectivity index (χ3n) is 4.75. The molecule has 2 amide bonds. The highest BCUT2D eigenvalue weighted by molar-refractivity contribution is 7.71. The summed E-state index contributed by atoms with van der Waals surface area (Å²) in [5.74, 6) is -0.733. The maximum absolute atomic E-state index is 12.9. The van der Waals surface area contributed by atoms with E-state index < -0.39 is 5.91 Å². The molecule has 8 nitrogen and oxygen atoms in total. The largest absolute Gasteiger partial charge is 0.383 e. The van der Waals surface area contributed by atoms with Crippen molar-refractivity contribution in [2.24, 2.45) is 0 Å². The van der Waals surface area contributed by atoms with Crippen LogP contribution in [0.25, 0.3) is 10.9 Å². The Balaban J connectivity index is 1.72. The summed E-state index contributed by atoms with van der Waals surface area (Å²) < 4.78 is 6.67. The maximum Gasteiger partial charge on any atom is 0.262 e. The zero-order chi connectivity index (χ0) is 22.2. The van der Waals surface area contributed by atoms with Gasteiger partial charge in [-0.25, -0.2) is 0 Å². The van der Waals surface area contributed by atoms with Gasteiger partial charge in [0.05, 0.1) is 24.1 Å². The second-order valence-corrected chi connectivity index (χ2v) is 7.30. The van der Waals surface area contributed by atoms with Gasteiger partial charge in [-0.1, -0.05) is 30.3 Å². The van der Waals surface area contributed by atoms with E-state index in [1.807, 2.05) is 30.3 Å². The van der Waals surface area contributed by atoms with Crippen molar-refractivity contribution in [1.82, 2.24) is 20.2 Å². The standard InChI is InChI=1S/C22H24N4O4S/c1-30-12-10-23-19(27)14-24-20(28)16-7-8-17-18(13-16)25-22(31)26(21(17)29)11-9-15-5-3-2-4-6-15/h2-8,13H,9-12,14H2,1H3,(H,23,27)(H,24,28)(H,25,31). The molecule has 1 aromatic heterocycles. The summed E-state index contributed by atoms with van der Waals surface area (Å²) in [5, 5.41) is 5.62. The lowest BCUT2D eigenvalue weighted by atomic mass is 10.1. The Morgan fingerprint density at radius 1 is 1.13 bits per heavy atom. The van der Waals surface area contributed by atoms with Crippen LogP contribution in [0.2, 0.25) is 0 Å². The number of carbonyl (C=O) groups excluding carboxylic acids is 2. The summed E-state index contributed by atoms with van der Waals surface area (Å²) >= 11 is 5.37. The minimum Gasteiger partial charge on any atom is -0.383 e. The zero-order valence-electron chi connectivity index (χ0n) is 17.1. The van der Waals surface area contributed by atoms with Crippen molar-refractivity contribution in [3.05, 3.63) is 74.8 Å². The molecule has 0 bridgehead atoms. The molecule has 0 saturated heterocycles. The van der Waals surface area contributed by atoms with Gasteiger partial charge in [0.2, 0.25) is 5.91 Å². The van der Waals surface area contributed by atoms with Gasteiger partial charge in [0.25, 0.3) is 11.5 Å². The Morgan fingerprint density at radius 2 is 1.90 bits per heavy atom. The van der Waals surface area contributed by atoms with Crippen molar-refractivity contribution in [1.29, 1.82) is 0 Å². The van der Waals surface area contributed by atoms with Crippen molar-refractivity contribution in [2.45, 2.75) is 13.0 Å². The predicted molar refractivity (Wildman–Crippen MR) is 121 cm³/mol. The molecule has 0 radical (unpaired) electrons. The number of aromatic nitrogens is 2. The van der Waals surface area contributed by atoms with Crippen LogP contribution in [0.4, 0.5) is 0 Å². The zero-order valence-corrected chi connectivity index (χ0v) is 18.0. The van der Waals surface area contributed by atoms with Gasteiger partial charge in [0.1, 0.15) is 0 Å². The first-order valence-electron chi connectivity index (χ1n) is 9.84. The molecular weight excluding hydrogens is 416 g/mol. The number of hydrogen-bond donors (Lipinski definition) is 3. The van der Waals surface area contributed by atoms with E-state index in [9.17, 15) is 14.4 Å². The molecule has 1 heterocycles. The Morgan fingerprint density at radius 3 is 2.65 bits per heavy atom. The second kappa shape index (κ2) is 10.6. The summed E-state index contributed by atoms with van der Waals surface area (Å²) in [4.78, 5) is 40.0. The second-order valence-electron chi connectivity index (χ2n) is 6.91. The summed E-state index contributed by atoms with van der Waals surface area (Å²) in [7, 11) is 1.54. The summed E-state index contributed by atoms with van der Waals surface area (Å²) in [6, 6.07) is 14.6. The van der Waals surface area contributed by atoms with Crippen LogP contribution in [0, 0.1) is 4.77 Å². The Kier molecular flexibility index (Phi) is 7.69. The van der Waals surface area contributed by atoms with Gasteiger partial charge < -0.3 is 20.4 Å². The van der Waals surface area contributed by atoms with E-state index in [0.29, 0.717) is 47.4 Å². The van der Waals surface area contributed by atoms with Crippen molar-refractivity contribution in [3.63, 3.8) is 0 Å². The molecule has 0 atom stereocenters. The molecule has 0 aliphatic heterocycles. The molecular formula is C22H24N4O4S. The number of nitrogens with one attached hydrogen (secondary N) is 3.